The molecule has 0 bridgehead atoms. The minimum absolute atomic E-state index is 0.147. The summed E-state index contributed by atoms with van der Waals surface area (Å²) >= 11 is 1.26. The van der Waals surface area contributed by atoms with Gasteiger partial charge in [0.2, 0.25) is 5.91 Å². The lowest BCUT2D eigenvalue weighted by atomic mass is 10.1. The number of thioether (sulfide) groups is 1. The molecule has 2 amide bonds. The summed E-state index contributed by atoms with van der Waals surface area (Å²) in [5.74, 6) is -0.460. The van der Waals surface area contributed by atoms with E-state index in [9.17, 15) is 9.59 Å². The second-order valence-electron chi connectivity index (χ2n) is 5.00. The number of benzene rings is 2. The quantitative estimate of drug-likeness (QED) is 0.833. The summed E-state index contributed by atoms with van der Waals surface area (Å²) < 4.78 is 0. The number of anilines is 1. The highest BCUT2D eigenvalue weighted by Crippen LogP contribution is 2.23. The summed E-state index contributed by atoms with van der Waals surface area (Å²) in [5, 5.41) is 2.89. The molecule has 0 aromatic heterocycles. The van der Waals surface area contributed by atoms with E-state index < -0.39 is 5.91 Å². The maximum Gasteiger partial charge on any atom is 0.256 e. The summed E-state index contributed by atoms with van der Waals surface area (Å²) in [4.78, 5) is 24.1. The molecule has 0 aliphatic heterocycles. The zero-order valence-electron chi connectivity index (χ0n) is 12.6. The van der Waals surface area contributed by atoms with Crippen molar-refractivity contribution in [2.24, 2.45) is 5.73 Å². The number of carbonyl (C=O) groups is 2. The van der Waals surface area contributed by atoms with Crippen LogP contribution in [0.1, 0.15) is 21.5 Å². The fraction of sp³-hybridized carbons (Fsp3) is 0.176. The molecule has 0 unspecified atom stereocenters. The standard InChI is InChI=1S/C17H18N2O2S/c1-11-7-8-13(9-12(11)2)19-17(21)14-5-3-4-6-15(14)22-10-16(18)20/h3-9H,10H2,1-2H3,(H2,18,20)(H,19,21). The van der Waals surface area contributed by atoms with Crippen LogP contribution in [-0.2, 0) is 4.79 Å². The maximum absolute atomic E-state index is 12.4. The van der Waals surface area contributed by atoms with E-state index in [1.54, 1.807) is 12.1 Å². The number of nitrogens with two attached hydrogens (primary N) is 1. The molecular weight excluding hydrogens is 296 g/mol. The lowest BCUT2D eigenvalue weighted by Crippen LogP contribution is -2.15. The summed E-state index contributed by atoms with van der Waals surface area (Å²) in [6.07, 6.45) is 0. The van der Waals surface area contributed by atoms with Gasteiger partial charge in [-0.15, -0.1) is 11.8 Å². The third kappa shape index (κ3) is 4.11. The number of nitrogens with one attached hydrogen (secondary N) is 1. The van der Waals surface area contributed by atoms with Gasteiger partial charge in [0.1, 0.15) is 0 Å². The first-order valence-corrected chi connectivity index (χ1v) is 7.84. The van der Waals surface area contributed by atoms with Crippen molar-refractivity contribution in [2.45, 2.75) is 18.7 Å². The Hall–Kier alpha value is -2.27. The maximum atomic E-state index is 12.4. The van der Waals surface area contributed by atoms with Crippen LogP contribution in [0.4, 0.5) is 5.69 Å². The van der Waals surface area contributed by atoms with Crippen LogP contribution in [0, 0.1) is 13.8 Å². The zero-order chi connectivity index (χ0) is 16.1. The van der Waals surface area contributed by atoms with Gasteiger partial charge in [0.05, 0.1) is 11.3 Å². The Morgan fingerprint density at radius 3 is 2.50 bits per heavy atom. The highest BCUT2D eigenvalue weighted by atomic mass is 32.2. The Morgan fingerprint density at radius 2 is 1.82 bits per heavy atom. The van der Waals surface area contributed by atoms with Gasteiger partial charge in [-0.2, -0.15) is 0 Å². The molecule has 0 atom stereocenters. The van der Waals surface area contributed by atoms with E-state index in [1.807, 2.05) is 44.2 Å². The highest BCUT2D eigenvalue weighted by molar-refractivity contribution is 8.00. The lowest BCUT2D eigenvalue weighted by Gasteiger charge is -2.10. The zero-order valence-corrected chi connectivity index (χ0v) is 13.4. The lowest BCUT2D eigenvalue weighted by molar-refractivity contribution is -0.115. The van der Waals surface area contributed by atoms with Gasteiger partial charge in [-0.1, -0.05) is 18.2 Å². The first-order valence-electron chi connectivity index (χ1n) is 6.86. The summed E-state index contributed by atoms with van der Waals surface area (Å²) in [6.45, 7) is 4.03. The van der Waals surface area contributed by atoms with E-state index >= 15 is 0 Å². The molecule has 0 saturated carbocycles. The first-order chi connectivity index (χ1) is 10.5. The van der Waals surface area contributed by atoms with Gasteiger partial charge >= 0.3 is 0 Å². The van der Waals surface area contributed by atoms with Crippen LogP contribution in [0.2, 0.25) is 0 Å². The molecule has 0 radical (unpaired) electrons. The third-order valence-electron chi connectivity index (χ3n) is 3.27. The largest absolute Gasteiger partial charge is 0.369 e. The predicted octanol–water partition coefficient (Wildman–Crippen LogP) is 3.13. The molecule has 3 N–H and O–H groups in total. The SMILES string of the molecule is Cc1ccc(NC(=O)c2ccccc2SCC(N)=O)cc1C. The van der Waals surface area contributed by atoms with Crippen molar-refractivity contribution < 1.29 is 9.59 Å². The van der Waals surface area contributed by atoms with Crippen LogP contribution >= 0.6 is 11.8 Å². The van der Waals surface area contributed by atoms with Crippen LogP contribution in [0.25, 0.3) is 0 Å². The summed E-state index contributed by atoms with van der Waals surface area (Å²) in [7, 11) is 0. The number of hydrogen-bond acceptors (Lipinski definition) is 3. The van der Waals surface area contributed by atoms with E-state index in [-0.39, 0.29) is 11.7 Å². The van der Waals surface area contributed by atoms with E-state index in [4.69, 9.17) is 5.73 Å². The number of hydrogen-bond donors (Lipinski definition) is 2. The van der Waals surface area contributed by atoms with Gasteiger partial charge in [0.25, 0.3) is 5.91 Å². The summed E-state index contributed by atoms with van der Waals surface area (Å²) in [5.41, 5.74) is 8.74. The molecule has 0 aliphatic rings. The fourth-order valence-electron chi connectivity index (χ4n) is 1.95. The smallest absolute Gasteiger partial charge is 0.256 e. The number of rotatable bonds is 5. The summed E-state index contributed by atoms with van der Waals surface area (Å²) in [6, 6.07) is 13.0. The van der Waals surface area contributed by atoms with E-state index in [0.717, 1.165) is 16.1 Å². The Bertz CT molecular complexity index is 714. The molecule has 0 saturated heterocycles. The predicted molar refractivity (Wildman–Crippen MR) is 90.2 cm³/mol. The van der Waals surface area contributed by atoms with Gasteiger partial charge in [-0.25, -0.2) is 0 Å². The van der Waals surface area contributed by atoms with Gasteiger partial charge in [-0.3, -0.25) is 9.59 Å². The van der Waals surface area contributed by atoms with Gasteiger partial charge in [0.15, 0.2) is 0 Å². The van der Waals surface area contributed by atoms with Crippen molar-refractivity contribution in [1.82, 2.24) is 0 Å². The molecular formula is C17H18N2O2S. The van der Waals surface area contributed by atoms with Crippen molar-refractivity contribution >= 4 is 29.3 Å². The second kappa shape index (κ2) is 7.13. The Balaban J connectivity index is 2.18. The number of amides is 2. The molecule has 5 heteroatoms. The Kier molecular flexibility index (Phi) is 5.22. The van der Waals surface area contributed by atoms with Crippen molar-refractivity contribution in [3.63, 3.8) is 0 Å². The normalized spacial score (nSPS) is 10.3. The molecule has 0 aliphatic carbocycles. The average molecular weight is 314 g/mol. The van der Waals surface area contributed by atoms with E-state index in [1.165, 1.54) is 17.3 Å². The van der Waals surface area contributed by atoms with Crippen LogP contribution in [0.3, 0.4) is 0 Å². The molecule has 0 heterocycles. The average Bonchev–Trinajstić information content (AvgIpc) is 2.49. The van der Waals surface area contributed by atoms with Crippen molar-refractivity contribution in [3.8, 4) is 0 Å². The molecule has 2 rings (SSSR count). The molecule has 22 heavy (non-hydrogen) atoms. The minimum atomic E-state index is -0.408. The minimum Gasteiger partial charge on any atom is -0.369 e. The Morgan fingerprint density at radius 1 is 1.09 bits per heavy atom. The number of carbonyl (C=O) groups excluding carboxylic acids is 2. The molecule has 4 nitrogen and oxygen atoms in total. The molecule has 2 aromatic rings. The molecule has 0 spiro atoms. The van der Waals surface area contributed by atoms with Gasteiger partial charge in [-0.05, 0) is 49.2 Å². The molecule has 0 fully saturated rings. The Labute approximate surface area is 134 Å². The van der Waals surface area contributed by atoms with Crippen LogP contribution in [0.5, 0.6) is 0 Å². The monoisotopic (exact) mass is 314 g/mol. The van der Waals surface area contributed by atoms with Crippen LogP contribution < -0.4 is 11.1 Å². The first kappa shape index (κ1) is 16.1. The van der Waals surface area contributed by atoms with Crippen molar-refractivity contribution in [1.29, 1.82) is 0 Å². The second-order valence-corrected chi connectivity index (χ2v) is 6.02. The molecule has 2 aromatic carbocycles. The number of primary amides is 1. The van der Waals surface area contributed by atoms with Crippen molar-refractivity contribution in [3.05, 3.63) is 59.2 Å². The van der Waals surface area contributed by atoms with Gasteiger partial charge < -0.3 is 11.1 Å². The third-order valence-corrected chi connectivity index (χ3v) is 4.36. The molecule has 114 valence electrons. The number of aryl methyl sites for hydroxylation is 2. The van der Waals surface area contributed by atoms with Crippen LogP contribution in [-0.4, -0.2) is 17.6 Å². The van der Waals surface area contributed by atoms with Crippen molar-refractivity contribution in [2.75, 3.05) is 11.1 Å². The van der Waals surface area contributed by atoms with Gasteiger partial charge in [0, 0.05) is 10.6 Å². The fourth-order valence-corrected chi connectivity index (χ4v) is 2.74. The van der Waals surface area contributed by atoms with E-state index in [2.05, 4.69) is 5.32 Å². The highest BCUT2D eigenvalue weighted by Gasteiger charge is 2.12. The van der Waals surface area contributed by atoms with E-state index in [0.29, 0.717) is 5.56 Å². The topological polar surface area (TPSA) is 72.2 Å². The van der Waals surface area contributed by atoms with Crippen LogP contribution in [0.15, 0.2) is 47.4 Å².